The van der Waals surface area contributed by atoms with E-state index in [-0.39, 0.29) is 61.3 Å². The van der Waals surface area contributed by atoms with Crippen LogP contribution in [0, 0.1) is 12.8 Å². The van der Waals surface area contributed by atoms with Crippen LogP contribution < -0.4 is 30.7 Å². The van der Waals surface area contributed by atoms with E-state index in [4.69, 9.17) is 30.5 Å². The summed E-state index contributed by atoms with van der Waals surface area (Å²) in [6.45, 7) is 8.51. The molecule has 17 nitrogen and oxygen atoms in total. The fourth-order valence-electron chi connectivity index (χ4n) is 9.06. The predicted octanol–water partition coefficient (Wildman–Crippen LogP) is 10.1. The molecule has 6 aromatic rings. The van der Waals surface area contributed by atoms with E-state index in [0.717, 1.165) is 39.4 Å². The second-order valence-electron chi connectivity index (χ2n) is 18.7. The maximum absolute atomic E-state index is 14.2. The van der Waals surface area contributed by atoms with Gasteiger partial charge in [-0.05, 0) is 97.5 Å². The molecule has 2 atom stereocenters. The summed E-state index contributed by atoms with van der Waals surface area (Å²) < 4.78 is 63.2. The molecule has 2 aromatic heterocycles. The van der Waals surface area contributed by atoms with Crippen LogP contribution in [-0.4, -0.2) is 108 Å². The number of rotatable bonds is 23. The van der Waals surface area contributed by atoms with Crippen molar-refractivity contribution in [2.45, 2.75) is 71.4 Å². The van der Waals surface area contributed by atoms with Crippen LogP contribution in [0.15, 0.2) is 109 Å². The number of nitrogens with one attached hydrogen (secondary N) is 4. The SMILES string of the molecule is Cc1ncsc1-c1ccc(CNC(=O)[C@@H]2CCCN2C(=O)C(C(C)C)N2Cc3ccccc3C2=O)c(OCCCOCCOCCNC(=O)c2cc(Oc3ccc(NC(=O)Nc4ccc(Cl)c(C(F)(F)F)c4)cc3)ccn2)c1. The number of anilines is 2. The van der Waals surface area contributed by atoms with Gasteiger partial charge in [0.1, 0.15) is 35.0 Å². The lowest BCUT2D eigenvalue weighted by molar-refractivity contribution is -0.143. The number of alkyl halides is 3. The van der Waals surface area contributed by atoms with Crippen molar-refractivity contribution in [3.05, 3.63) is 147 Å². The van der Waals surface area contributed by atoms with E-state index >= 15 is 0 Å². The van der Waals surface area contributed by atoms with Crippen LogP contribution >= 0.6 is 22.9 Å². The Morgan fingerprint density at radius 2 is 1.60 bits per heavy atom. The minimum absolute atomic E-state index is 0.0953. The lowest BCUT2D eigenvalue weighted by Crippen LogP contribution is -2.55. The number of pyridine rings is 1. The molecule has 2 aliphatic rings. The van der Waals surface area contributed by atoms with Crippen molar-refractivity contribution in [1.29, 1.82) is 0 Å². The van der Waals surface area contributed by atoms with Gasteiger partial charge in [0.05, 0.1) is 53.1 Å². The van der Waals surface area contributed by atoms with Gasteiger partial charge < -0.3 is 50.0 Å². The van der Waals surface area contributed by atoms with E-state index in [1.807, 2.05) is 57.2 Å². The highest BCUT2D eigenvalue weighted by molar-refractivity contribution is 7.13. The Morgan fingerprint density at radius 3 is 2.35 bits per heavy atom. The third kappa shape index (κ3) is 14.5. The number of nitrogens with zero attached hydrogens (tertiary/aromatic N) is 4. The molecule has 6 amide bonds. The summed E-state index contributed by atoms with van der Waals surface area (Å²) >= 11 is 7.18. The van der Waals surface area contributed by atoms with Gasteiger partial charge in [0, 0.05) is 74.0 Å². The zero-order valence-electron chi connectivity index (χ0n) is 43.0. The van der Waals surface area contributed by atoms with Crippen molar-refractivity contribution >= 4 is 64.0 Å². The number of amides is 6. The van der Waals surface area contributed by atoms with Crippen LogP contribution in [0.4, 0.5) is 29.3 Å². The second kappa shape index (κ2) is 26.2. The van der Waals surface area contributed by atoms with Gasteiger partial charge in [-0.2, -0.15) is 13.2 Å². The van der Waals surface area contributed by atoms with E-state index in [1.165, 1.54) is 41.8 Å². The summed E-state index contributed by atoms with van der Waals surface area (Å²) in [5, 5.41) is 10.2. The van der Waals surface area contributed by atoms with Gasteiger partial charge in [0.15, 0.2) is 0 Å². The minimum Gasteiger partial charge on any atom is -0.493 e. The molecular weight excluding hydrogens is 1050 g/mol. The Kier molecular flexibility index (Phi) is 19.0. The first-order chi connectivity index (χ1) is 37.5. The summed E-state index contributed by atoms with van der Waals surface area (Å²) in [4.78, 5) is 79.7. The van der Waals surface area contributed by atoms with E-state index in [9.17, 15) is 37.1 Å². The number of aromatic nitrogens is 2. The molecule has 8 rings (SSSR count). The summed E-state index contributed by atoms with van der Waals surface area (Å²) in [6, 6.07) is 23.4. The summed E-state index contributed by atoms with van der Waals surface area (Å²) in [5.74, 6) is 0.0411. The van der Waals surface area contributed by atoms with Gasteiger partial charge in [-0.3, -0.25) is 24.2 Å². The van der Waals surface area contributed by atoms with Gasteiger partial charge >= 0.3 is 12.2 Å². The summed E-state index contributed by atoms with van der Waals surface area (Å²) in [5.41, 5.74) is 5.16. The molecule has 0 radical (unpaired) electrons. The highest BCUT2D eigenvalue weighted by Gasteiger charge is 2.44. The number of urea groups is 1. The van der Waals surface area contributed by atoms with Crippen LogP contribution in [-0.2, 0) is 38.3 Å². The van der Waals surface area contributed by atoms with Crippen LogP contribution in [0.25, 0.3) is 10.4 Å². The van der Waals surface area contributed by atoms with Crippen molar-refractivity contribution in [1.82, 2.24) is 30.4 Å². The number of carbonyl (C=O) groups excluding carboxylic acids is 5. The minimum atomic E-state index is -4.69. The average molecular weight is 1110 g/mol. The lowest BCUT2D eigenvalue weighted by Gasteiger charge is -2.35. The van der Waals surface area contributed by atoms with Crippen molar-refractivity contribution < 1.29 is 56.1 Å². The van der Waals surface area contributed by atoms with Crippen molar-refractivity contribution in [3.8, 4) is 27.7 Å². The molecule has 1 unspecified atom stereocenters. The summed E-state index contributed by atoms with van der Waals surface area (Å²) in [6.07, 6.45) is -1.51. The number of benzene rings is 4. The van der Waals surface area contributed by atoms with Gasteiger partial charge in [-0.25, -0.2) is 9.78 Å². The molecule has 4 aromatic carbocycles. The molecule has 0 aliphatic carbocycles. The zero-order valence-corrected chi connectivity index (χ0v) is 44.6. The van der Waals surface area contributed by atoms with Gasteiger partial charge in [-0.1, -0.05) is 55.8 Å². The third-order valence-electron chi connectivity index (χ3n) is 12.9. The Morgan fingerprint density at radius 1 is 0.846 bits per heavy atom. The number of hydrogen-bond donors (Lipinski definition) is 4. The number of halogens is 4. The van der Waals surface area contributed by atoms with Gasteiger partial charge in [0.25, 0.3) is 11.8 Å². The number of hydrogen-bond acceptors (Lipinski definition) is 12. The average Bonchev–Trinajstić information content (AvgIpc) is 4.18. The van der Waals surface area contributed by atoms with Crippen LogP contribution in [0.1, 0.15) is 76.3 Å². The molecule has 4 N–H and O–H groups in total. The molecule has 78 heavy (non-hydrogen) atoms. The predicted molar refractivity (Wildman–Crippen MR) is 288 cm³/mol. The highest BCUT2D eigenvalue weighted by Crippen LogP contribution is 2.37. The largest absolute Gasteiger partial charge is 0.493 e. The molecule has 4 heterocycles. The van der Waals surface area contributed by atoms with E-state index < -0.39 is 40.8 Å². The van der Waals surface area contributed by atoms with Crippen molar-refractivity contribution in [3.63, 3.8) is 0 Å². The number of likely N-dealkylation sites (tertiary alicyclic amines) is 1. The Hall–Kier alpha value is -7.59. The Labute approximate surface area is 457 Å². The number of aryl methyl sites for hydroxylation is 1. The molecule has 1 fully saturated rings. The van der Waals surface area contributed by atoms with E-state index in [2.05, 4.69) is 31.2 Å². The number of thiazole rings is 1. The molecule has 1 saturated heterocycles. The molecule has 22 heteroatoms. The second-order valence-corrected chi connectivity index (χ2v) is 20.0. The number of ether oxygens (including phenoxy) is 4. The quantitative estimate of drug-likeness (QED) is 0.0445. The fraction of sp³-hybridized carbons (Fsp3) is 0.339. The smallest absolute Gasteiger partial charge is 0.417 e. The molecule has 0 saturated carbocycles. The molecule has 2 aliphatic heterocycles. The van der Waals surface area contributed by atoms with Crippen LogP contribution in [0.2, 0.25) is 5.02 Å². The lowest BCUT2D eigenvalue weighted by atomic mass is 10.0. The van der Waals surface area contributed by atoms with E-state index in [1.54, 1.807) is 39.6 Å². The topological polar surface area (TPSA) is 203 Å². The molecule has 0 bridgehead atoms. The standard InChI is InChI=1S/C56H58ClF3N8O9S/c1-34(2)49(68-32-38-8-4-5-9-43(38)53(68)71)54(72)67-22-6-10-47(67)52(70)63-31-37-12-11-36(50-35(3)64-33-78-50)28-48(37)76-24-7-23-74-26-27-75-25-21-62-51(69)46-30-42(19-20-61-46)77-41-16-13-39(14-17-41)65-55(73)66-40-15-18-45(57)44(29-40)56(58,59)60/h4-5,8-9,11-20,28-30,33-34,47,49H,6-7,10,21-27,31-32H2,1-3H3,(H,62,69)(H,63,70)(H2,65,66,73)/t47-,49?/m0/s1. The highest BCUT2D eigenvalue weighted by atomic mass is 35.5. The Balaban J connectivity index is 0.734. The first kappa shape index (κ1) is 56.6. The molecule has 0 spiro atoms. The number of carbonyl (C=O) groups is 5. The van der Waals surface area contributed by atoms with Gasteiger partial charge in [-0.15, -0.1) is 11.3 Å². The first-order valence-electron chi connectivity index (χ1n) is 25.3. The maximum atomic E-state index is 14.2. The van der Waals surface area contributed by atoms with Crippen molar-refractivity contribution in [2.24, 2.45) is 5.92 Å². The fourth-order valence-corrected chi connectivity index (χ4v) is 10.1. The zero-order chi connectivity index (χ0) is 55.3. The third-order valence-corrected chi connectivity index (χ3v) is 14.2. The number of fused-ring (bicyclic) bond motifs is 1. The molecular formula is C56H58ClF3N8O9S. The van der Waals surface area contributed by atoms with Crippen LogP contribution in [0.5, 0.6) is 17.2 Å². The first-order valence-corrected chi connectivity index (χ1v) is 26.6. The molecule has 410 valence electrons. The van der Waals surface area contributed by atoms with Gasteiger partial charge in [0.2, 0.25) is 11.8 Å². The summed E-state index contributed by atoms with van der Waals surface area (Å²) in [7, 11) is 0. The van der Waals surface area contributed by atoms with Crippen molar-refractivity contribution in [2.75, 3.05) is 56.8 Å². The monoisotopic (exact) mass is 1110 g/mol. The Bertz CT molecular complexity index is 3110. The van der Waals surface area contributed by atoms with E-state index in [0.29, 0.717) is 80.7 Å². The van der Waals surface area contributed by atoms with Crippen LogP contribution in [0.3, 0.4) is 0 Å². The maximum Gasteiger partial charge on any atom is 0.417 e. The normalized spacial score (nSPS) is 14.5.